The van der Waals surface area contributed by atoms with Gasteiger partial charge in [0.25, 0.3) is 0 Å². The number of nitrogens with zero attached hydrogens (tertiary/aromatic N) is 1. The number of ether oxygens (including phenoxy) is 2. The topological polar surface area (TPSA) is 54.9 Å². The van der Waals surface area contributed by atoms with Crippen molar-refractivity contribution in [3.8, 4) is 5.75 Å². The molecule has 1 rings (SSSR count). The van der Waals surface area contributed by atoms with Gasteiger partial charge in [0.15, 0.2) is 5.96 Å². The molecule has 0 radical (unpaired) electrons. The molecule has 1 aromatic rings. The van der Waals surface area contributed by atoms with Gasteiger partial charge in [-0.1, -0.05) is 26.0 Å². The number of methoxy groups -OCH3 is 1. The minimum Gasteiger partial charge on any atom is -0.493 e. The van der Waals surface area contributed by atoms with E-state index in [0.29, 0.717) is 25.1 Å². The molecule has 1 aromatic carbocycles. The molecule has 0 saturated heterocycles. The zero-order valence-corrected chi connectivity index (χ0v) is 17.8. The van der Waals surface area contributed by atoms with Gasteiger partial charge in [0.1, 0.15) is 5.75 Å². The SMILES string of the molecule is CN=C(NCc1cccc(OCCCOC)c1)NC(C)C(C)C.I. The van der Waals surface area contributed by atoms with E-state index in [1.54, 1.807) is 14.2 Å². The van der Waals surface area contributed by atoms with Crippen molar-refractivity contribution >= 4 is 29.9 Å². The number of hydrogen-bond donors (Lipinski definition) is 2. The zero-order chi connectivity index (χ0) is 17.1. The molecule has 0 bridgehead atoms. The predicted molar refractivity (Wildman–Crippen MR) is 111 cm³/mol. The van der Waals surface area contributed by atoms with E-state index in [-0.39, 0.29) is 24.0 Å². The van der Waals surface area contributed by atoms with Gasteiger partial charge in [0.05, 0.1) is 6.61 Å². The van der Waals surface area contributed by atoms with Crippen LogP contribution in [-0.4, -0.2) is 39.4 Å². The normalized spacial score (nSPS) is 12.5. The number of nitrogens with one attached hydrogen (secondary N) is 2. The lowest BCUT2D eigenvalue weighted by Gasteiger charge is -2.20. The van der Waals surface area contributed by atoms with Crippen LogP contribution in [0.5, 0.6) is 5.75 Å². The minimum atomic E-state index is 0. The number of halogens is 1. The van der Waals surface area contributed by atoms with Gasteiger partial charge in [-0.15, -0.1) is 24.0 Å². The first-order valence-electron chi connectivity index (χ1n) is 8.24. The van der Waals surface area contributed by atoms with E-state index < -0.39 is 0 Å². The summed E-state index contributed by atoms with van der Waals surface area (Å²) in [6.45, 7) is 8.63. The summed E-state index contributed by atoms with van der Waals surface area (Å²) >= 11 is 0. The van der Waals surface area contributed by atoms with Gasteiger partial charge in [0.2, 0.25) is 0 Å². The average Bonchev–Trinajstić information content (AvgIpc) is 2.55. The second-order valence-electron chi connectivity index (χ2n) is 5.95. The number of aliphatic imine (C=N–C) groups is 1. The summed E-state index contributed by atoms with van der Waals surface area (Å²) in [5.74, 6) is 2.26. The number of guanidine groups is 1. The highest BCUT2D eigenvalue weighted by molar-refractivity contribution is 14.0. The van der Waals surface area contributed by atoms with Crippen LogP contribution in [0.2, 0.25) is 0 Å². The van der Waals surface area contributed by atoms with Gasteiger partial charge in [0, 0.05) is 39.8 Å². The molecule has 0 aliphatic carbocycles. The molecule has 24 heavy (non-hydrogen) atoms. The molecule has 0 aliphatic heterocycles. The molecule has 0 spiro atoms. The Hall–Kier alpha value is -1.02. The molecular weight excluding hydrogens is 417 g/mol. The molecule has 0 amide bonds. The summed E-state index contributed by atoms with van der Waals surface area (Å²) in [6, 6.07) is 8.49. The fraction of sp³-hybridized carbons (Fsp3) is 0.611. The first kappa shape index (κ1) is 23.0. The molecule has 0 saturated carbocycles. The van der Waals surface area contributed by atoms with Crippen LogP contribution in [0.15, 0.2) is 29.3 Å². The Bertz CT molecular complexity index is 481. The number of rotatable bonds is 9. The van der Waals surface area contributed by atoms with Crippen molar-refractivity contribution < 1.29 is 9.47 Å². The molecule has 6 heteroatoms. The maximum atomic E-state index is 5.72. The first-order valence-corrected chi connectivity index (χ1v) is 8.24. The van der Waals surface area contributed by atoms with E-state index in [4.69, 9.17) is 9.47 Å². The summed E-state index contributed by atoms with van der Waals surface area (Å²) in [5, 5.41) is 6.73. The smallest absolute Gasteiger partial charge is 0.191 e. The Morgan fingerprint density at radius 2 is 1.96 bits per heavy atom. The lowest BCUT2D eigenvalue weighted by molar-refractivity contribution is 0.172. The Balaban J connectivity index is 0.00000529. The van der Waals surface area contributed by atoms with E-state index in [1.807, 2.05) is 12.1 Å². The Kier molecular flexibility index (Phi) is 12.7. The molecule has 0 heterocycles. The van der Waals surface area contributed by atoms with Gasteiger partial charge in [-0.25, -0.2) is 0 Å². The van der Waals surface area contributed by atoms with Crippen molar-refractivity contribution in [2.45, 2.75) is 39.8 Å². The van der Waals surface area contributed by atoms with Crippen molar-refractivity contribution in [1.82, 2.24) is 10.6 Å². The van der Waals surface area contributed by atoms with Gasteiger partial charge in [-0.3, -0.25) is 4.99 Å². The van der Waals surface area contributed by atoms with E-state index in [2.05, 4.69) is 48.5 Å². The number of hydrogen-bond acceptors (Lipinski definition) is 3. The summed E-state index contributed by atoms with van der Waals surface area (Å²) < 4.78 is 10.7. The second-order valence-corrected chi connectivity index (χ2v) is 5.95. The van der Waals surface area contributed by atoms with Crippen molar-refractivity contribution in [1.29, 1.82) is 0 Å². The second kappa shape index (κ2) is 13.3. The third-order valence-electron chi connectivity index (χ3n) is 3.71. The van der Waals surface area contributed by atoms with Gasteiger partial charge >= 0.3 is 0 Å². The molecule has 1 atom stereocenters. The van der Waals surface area contributed by atoms with Crippen LogP contribution in [0.3, 0.4) is 0 Å². The standard InChI is InChI=1S/C18H31N3O2.HI/c1-14(2)15(3)21-18(19-4)20-13-16-8-6-9-17(12-16)23-11-7-10-22-5;/h6,8-9,12,14-15H,7,10-11,13H2,1-5H3,(H2,19,20,21);1H. The molecule has 1 unspecified atom stereocenters. The fourth-order valence-electron chi connectivity index (χ4n) is 1.90. The molecule has 0 fully saturated rings. The maximum Gasteiger partial charge on any atom is 0.191 e. The lowest BCUT2D eigenvalue weighted by Crippen LogP contribution is -2.43. The van der Waals surface area contributed by atoms with Crippen molar-refractivity contribution in [2.24, 2.45) is 10.9 Å². The van der Waals surface area contributed by atoms with E-state index in [0.717, 1.165) is 30.3 Å². The minimum absolute atomic E-state index is 0. The third-order valence-corrected chi connectivity index (χ3v) is 3.71. The molecule has 5 nitrogen and oxygen atoms in total. The molecular formula is C18H32IN3O2. The molecule has 138 valence electrons. The molecule has 0 aromatic heterocycles. The predicted octanol–water partition coefficient (Wildman–Crippen LogP) is 3.43. The van der Waals surface area contributed by atoms with Crippen LogP contribution < -0.4 is 15.4 Å². The Morgan fingerprint density at radius 3 is 2.58 bits per heavy atom. The number of benzene rings is 1. The van der Waals surface area contributed by atoms with Crippen molar-refractivity contribution in [3.05, 3.63) is 29.8 Å². The van der Waals surface area contributed by atoms with Crippen LogP contribution in [0.1, 0.15) is 32.8 Å². The van der Waals surface area contributed by atoms with Crippen LogP contribution >= 0.6 is 24.0 Å². The largest absolute Gasteiger partial charge is 0.493 e. The highest BCUT2D eigenvalue weighted by Gasteiger charge is 2.08. The summed E-state index contributed by atoms with van der Waals surface area (Å²) in [5.41, 5.74) is 1.16. The summed E-state index contributed by atoms with van der Waals surface area (Å²) in [4.78, 5) is 4.27. The van der Waals surface area contributed by atoms with Crippen LogP contribution in [0.4, 0.5) is 0 Å². The highest BCUT2D eigenvalue weighted by Crippen LogP contribution is 2.13. The Labute approximate surface area is 163 Å². The van der Waals surface area contributed by atoms with Crippen LogP contribution in [0.25, 0.3) is 0 Å². The molecule has 2 N–H and O–H groups in total. The lowest BCUT2D eigenvalue weighted by atomic mass is 10.1. The van der Waals surface area contributed by atoms with E-state index >= 15 is 0 Å². The zero-order valence-electron chi connectivity index (χ0n) is 15.5. The van der Waals surface area contributed by atoms with E-state index in [1.165, 1.54) is 0 Å². The van der Waals surface area contributed by atoms with E-state index in [9.17, 15) is 0 Å². The van der Waals surface area contributed by atoms with Crippen LogP contribution in [-0.2, 0) is 11.3 Å². The highest BCUT2D eigenvalue weighted by atomic mass is 127. The van der Waals surface area contributed by atoms with Crippen molar-refractivity contribution in [3.63, 3.8) is 0 Å². The first-order chi connectivity index (χ1) is 11.1. The quantitative estimate of drug-likeness (QED) is 0.263. The van der Waals surface area contributed by atoms with Gasteiger partial charge in [-0.05, 0) is 30.5 Å². The third kappa shape index (κ3) is 9.32. The summed E-state index contributed by atoms with van der Waals surface area (Å²) in [7, 11) is 3.49. The fourth-order valence-corrected chi connectivity index (χ4v) is 1.90. The monoisotopic (exact) mass is 449 g/mol. The van der Waals surface area contributed by atoms with Crippen LogP contribution in [0, 0.1) is 5.92 Å². The molecule has 0 aliphatic rings. The average molecular weight is 449 g/mol. The maximum absolute atomic E-state index is 5.72. The Morgan fingerprint density at radius 1 is 1.21 bits per heavy atom. The van der Waals surface area contributed by atoms with Crippen molar-refractivity contribution in [2.75, 3.05) is 27.4 Å². The summed E-state index contributed by atoms with van der Waals surface area (Å²) in [6.07, 6.45) is 0.891. The van der Waals surface area contributed by atoms with Gasteiger partial charge in [-0.2, -0.15) is 0 Å². The van der Waals surface area contributed by atoms with Gasteiger partial charge < -0.3 is 20.1 Å².